The first-order valence-electron chi connectivity index (χ1n) is 37.5. The van der Waals surface area contributed by atoms with E-state index in [1.54, 1.807) is 82.3 Å². The van der Waals surface area contributed by atoms with Gasteiger partial charge in [0.15, 0.2) is 0 Å². The average molecular weight is 1630 g/mol. The fourth-order valence-electron chi connectivity index (χ4n) is 16.4. The molecule has 0 radical (unpaired) electrons. The Kier molecular flexibility index (Phi) is 23.5. The molecule has 4 aromatic rings. The van der Waals surface area contributed by atoms with Crippen molar-refractivity contribution in [2.75, 3.05) is 86.9 Å². The molecule has 3 N–H and O–H groups in total. The number of hydrogen-bond acceptors (Lipinski definition) is 24. The van der Waals surface area contributed by atoms with E-state index in [1.807, 2.05) is 41.3 Å². The largest absolute Gasteiger partial charge is 0.484 e. The summed E-state index contributed by atoms with van der Waals surface area (Å²) in [6.45, 7) is 5.90. The van der Waals surface area contributed by atoms with Crippen LogP contribution in [0.25, 0.3) is 23.0 Å². The van der Waals surface area contributed by atoms with Gasteiger partial charge in [-0.2, -0.15) is 0 Å². The van der Waals surface area contributed by atoms with E-state index in [1.165, 1.54) is 47.0 Å². The zero-order valence-electron chi connectivity index (χ0n) is 61.6. The molecule has 0 bridgehead atoms. The van der Waals surface area contributed by atoms with Gasteiger partial charge in [-0.25, -0.2) is 0 Å². The van der Waals surface area contributed by atoms with Crippen LogP contribution in [-0.2, 0) is 71.7 Å². The van der Waals surface area contributed by atoms with Gasteiger partial charge in [0.1, 0.15) is 65.1 Å². The maximum Gasteiger partial charge on any atom is 0.313 e. The molecule has 31 heteroatoms. The van der Waals surface area contributed by atoms with E-state index in [2.05, 4.69) is 0 Å². The van der Waals surface area contributed by atoms with Crippen LogP contribution in [0.3, 0.4) is 0 Å². The number of aliphatic carboxylic acids is 3. The number of allylic oxidation sites excluding steroid dienone is 4. The SMILES string of the molecule is CC(=O)N1CCC2(CC1)CSC1=C(O2)c2ccccc2C(=O)C1=O.O=C(O)CCC(=O)N1CCC2(CC1)CSC1=C(O2)c2ccccc2C(=O)C1=O.O=C(O)CSCC(=O)N1CCC2(CC1)CSC1=C(O2)c2ccccc2C(=O)C1=O.O=C1C(=O)c2ccccc2C2=C1SCC1(CCN(C(=O)C3CCCCC3C(=O)O)CC1)O2. The maximum absolute atomic E-state index is 13.1. The van der Waals surface area contributed by atoms with Crippen LogP contribution in [-0.4, -0.2) is 232 Å². The first kappa shape index (κ1) is 80.1. The number of carbonyl (C=O) groups excluding carboxylic acids is 12. The Bertz CT molecular complexity index is 4870. The molecule has 26 nitrogen and oxygen atoms in total. The van der Waals surface area contributed by atoms with Crippen molar-refractivity contribution in [3.8, 4) is 0 Å². The number of carboxylic acid groups (broad SMARTS) is 3. The number of likely N-dealkylation sites (tertiary alicyclic amines) is 4. The highest BCUT2D eigenvalue weighted by molar-refractivity contribution is 8.05. The summed E-state index contributed by atoms with van der Waals surface area (Å²) < 4.78 is 25.5. The van der Waals surface area contributed by atoms with E-state index in [9.17, 15) is 77.0 Å². The molecular formula is C82H80N4O22S5. The second-order valence-corrected chi connectivity index (χ2v) is 34.9. The predicted molar refractivity (Wildman–Crippen MR) is 420 cm³/mol. The Hall–Kier alpha value is -9.56. The molecule has 5 fully saturated rings. The molecule has 113 heavy (non-hydrogen) atoms. The summed E-state index contributed by atoms with van der Waals surface area (Å²) in [5, 5.41) is 27.0. The third kappa shape index (κ3) is 16.2. The van der Waals surface area contributed by atoms with Gasteiger partial charge in [0, 0.05) is 185 Å². The van der Waals surface area contributed by atoms with Crippen molar-refractivity contribution >= 4 is 170 Å². The average Bonchev–Trinajstić information content (AvgIpc) is 0.758. The summed E-state index contributed by atoms with van der Waals surface area (Å²) in [6, 6.07) is 28.1. The molecule has 4 amide bonds. The molecule has 4 saturated heterocycles. The van der Waals surface area contributed by atoms with Gasteiger partial charge in [-0.3, -0.25) is 71.9 Å². The van der Waals surface area contributed by atoms with Crippen molar-refractivity contribution in [2.24, 2.45) is 11.8 Å². The predicted octanol–water partition coefficient (Wildman–Crippen LogP) is 9.57. The number of carbonyl (C=O) groups is 15. The minimum absolute atomic E-state index is 0.00275. The van der Waals surface area contributed by atoms with Gasteiger partial charge in [0.05, 0.1) is 29.8 Å². The Morgan fingerprint density at radius 3 is 0.965 bits per heavy atom. The quantitative estimate of drug-likeness (QED) is 0.131. The van der Waals surface area contributed by atoms with Crippen molar-refractivity contribution in [3.05, 3.63) is 161 Å². The number of nitrogens with zero attached hydrogens (tertiary/aromatic N) is 4. The number of ether oxygens (including phenoxy) is 4. The summed E-state index contributed by atoms with van der Waals surface area (Å²) >= 11 is 6.61. The smallest absolute Gasteiger partial charge is 0.313 e. The molecule has 8 aliphatic heterocycles. The zero-order valence-corrected chi connectivity index (χ0v) is 65.7. The molecule has 8 heterocycles. The van der Waals surface area contributed by atoms with Gasteiger partial charge in [-0.15, -0.1) is 58.8 Å². The van der Waals surface area contributed by atoms with Gasteiger partial charge in [-0.1, -0.05) is 110 Å². The lowest BCUT2D eigenvalue weighted by Gasteiger charge is -2.46. The second kappa shape index (κ2) is 33.1. The Morgan fingerprint density at radius 1 is 0.372 bits per heavy atom. The molecule has 13 aliphatic rings. The highest BCUT2D eigenvalue weighted by Gasteiger charge is 2.52. The van der Waals surface area contributed by atoms with Gasteiger partial charge in [0.25, 0.3) is 0 Å². The number of ketones is 8. The molecule has 0 aromatic heterocycles. The molecular weight excluding hydrogens is 1550 g/mol. The molecule has 2 atom stereocenters. The van der Waals surface area contributed by atoms with Crippen LogP contribution < -0.4 is 0 Å². The van der Waals surface area contributed by atoms with E-state index in [4.69, 9.17) is 29.2 Å². The maximum atomic E-state index is 13.1. The third-order valence-electron chi connectivity index (χ3n) is 22.9. The zero-order chi connectivity index (χ0) is 79.8. The number of hydrogen-bond donors (Lipinski definition) is 3. The summed E-state index contributed by atoms with van der Waals surface area (Å²) in [4.78, 5) is 190. The summed E-state index contributed by atoms with van der Waals surface area (Å²) in [7, 11) is 0. The third-order valence-corrected chi connectivity index (χ3v) is 29.1. The second-order valence-electron chi connectivity index (χ2n) is 30.0. The van der Waals surface area contributed by atoms with Crippen LogP contribution >= 0.6 is 58.8 Å². The van der Waals surface area contributed by atoms with Crippen LogP contribution in [0.1, 0.15) is 161 Å². The topological polar surface area (TPSA) is 367 Å². The summed E-state index contributed by atoms with van der Waals surface area (Å²) in [5.74, 6) is -3.65. The number of thioether (sulfide) groups is 5. The van der Waals surface area contributed by atoms with Gasteiger partial charge in [0.2, 0.25) is 69.9 Å². The lowest BCUT2D eigenvalue weighted by Crippen LogP contribution is -2.53. The van der Waals surface area contributed by atoms with Crippen molar-refractivity contribution in [3.63, 3.8) is 0 Å². The van der Waals surface area contributed by atoms with E-state index < -0.39 is 92.8 Å². The Balaban J connectivity index is 0.000000125. The normalized spacial score (nSPS) is 22.6. The van der Waals surface area contributed by atoms with E-state index in [-0.39, 0.29) is 53.6 Å². The molecule has 5 aliphatic carbocycles. The van der Waals surface area contributed by atoms with Gasteiger partial charge < -0.3 is 53.9 Å². The first-order chi connectivity index (χ1) is 54.2. The number of benzene rings is 4. The summed E-state index contributed by atoms with van der Waals surface area (Å²) in [5.41, 5.74) is 2.33. The Morgan fingerprint density at radius 2 is 0.664 bits per heavy atom. The molecule has 17 rings (SSSR count). The lowest BCUT2D eigenvalue weighted by atomic mass is 9.78. The number of amides is 4. The van der Waals surface area contributed by atoms with Crippen LogP contribution in [0.15, 0.2) is 117 Å². The van der Waals surface area contributed by atoms with Crippen molar-refractivity contribution in [1.29, 1.82) is 0 Å². The van der Waals surface area contributed by atoms with E-state index in [0.717, 1.165) is 37.4 Å². The molecule has 2 unspecified atom stereocenters. The standard InChI is InChI=1S/C24H25NO6S.C20H19NO6S2.C20H19NO6S.C18H17NO4S/c26-18-14-5-1-2-6-15(14)20-21(19(18)27)32-13-24(31-20)9-11-25(12-10-24)22(28)16-7-3-4-8-17(16)23(29)30;22-14(9-28-10-15(23)24)21-7-5-20(6-8-21)11-29-19-17(26)16(25)12-3-1-2-4-13(12)18(19)27-20;22-14(5-6-15(23)24)21-9-7-20(8-10-21)11-28-19-17(26)16(25)12-3-1-2-4-13(12)18(19)27-20;1-11(20)19-8-6-18(7-9-19)10-24-17-15(22)14(21)12-4-2-3-5-13(12)16(17)23-18/h1-2,5-6,16-17H,3-4,7-13H2,(H,29,30);1-4H,5-11H2,(H,23,24);1-4H,5-11H2,(H,23,24);2-5H,6-10H2,1H3. The van der Waals surface area contributed by atoms with Crippen LogP contribution in [0.4, 0.5) is 0 Å². The van der Waals surface area contributed by atoms with Crippen molar-refractivity contribution in [1.82, 2.24) is 19.6 Å². The van der Waals surface area contributed by atoms with Crippen molar-refractivity contribution in [2.45, 2.75) is 119 Å². The number of rotatable bonds is 9. The van der Waals surface area contributed by atoms with E-state index >= 15 is 0 Å². The van der Waals surface area contributed by atoms with Crippen molar-refractivity contribution < 1.29 is 106 Å². The minimum Gasteiger partial charge on any atom is -0.484 e. The molecule has 1 saturated carbocycles. The number of piperidine rings is 4. The van der Waals surface area contributed by atoms with Gasteiger partial charge in [-0.05, 0) is 12.8 Å². The van der Waals surface area contributed by atoms with Crippen LogP contribution in [0.2, 0.25) is 0 Å². The van der Waals surface area contributed by atoms with Crippen LogP contribution in [0.5, 0.6) is 0 Å². The Labute approximate surface area is 670 Å². The fourth-order valence-corrected chi connectivity index (χ4v) is 22.1. The minimum atomic E-state index is -0.983. The number of carboxylic acids is 3. The summed E-state index contributed by atoms with van der Waals surface area (Å²) in [6.07, 6.45) is 7.89. The van der Waals surface area contributed by atoms with Crippen LogP contribution in [0, 0.1) is 11.8 Å². The number of Topliss-reactive ketones (excluding diaryl/α,β-unsaturated/α-hetero) is 8. The molecule has 590 valence electrons. The highest BCUT2D eigenvalue weighted by atomic mass is 32.2. The fraction of sp³-hybridized carbons (Fsp3) is 0.427. The first-order valence-corrected chi connectivity index (χ1v) is 42.6. The molecule has 4 aromatic carbocycles. The molecule has 4 spiro atoms. The van der Waals surface area contributed by atoms with Gasteiger partial charge >= 0.3 is 17.9 Å². The monoisotopic (exact) mass is 1630 g/mol. The highest BCUT2D eigenvalue weighted by Crippen LogP contribution is 2.52. The van der Waals surface area contributed by atoms with E-state index in [0.29, 0.717) is 214 Å². The lowest BCUT2D eigenvalue weighted by molar-refractivity contribution is -0.153. The number of fused-ring (bicyclic) bond motifs is 8.